The van der Waals surface area contributed by atoms with Crippen LogP contribution < -0.4 is 4.57 Å². The van der Waals surface area contributed by atoms with Crippen molar-refractivity contribution in [2.24, 2.45) is 7.05 Å². The van der Waals surface area contributed by atoms with E-state index >= 15 is 0 Å². The van der Waals surface area contributed by atoms with E-state index in [1.165, 1.54) is 0 Å². The average Bonchev–Trinajstić information content (AvgIpc) is 2.85. The molecule has 0 bridgehead atoms. The highest BCUT2D eigenvalue weighted by Crippen LogP contribution is 2.22. The second-order valence-electron chi connectivity index (χ2n) is 4.87. The minimum Gasteiger partial charge on any atom is -0.457 e. The molecule has 4 nitrogen and oxygen atoms in total. The standard InChI is InChI=1S/C16H20N2O2/c1-3-7-14(13-8-5-4-6-9-13)20-16(19)12-15-17-10-11-18(15)2/h4-6,8-11,14H,3,7,12H2,1-2H3/p+1/t14-/m0/s1. The monoisotopic (exact) mass is 273 g/mol. The lowest BCUT2D eigenvalue weighted by Gasteiger charge is -2.17. The van der Waals surface area contributed by atoms with Crippen LogP contribution in [0.15, 0.2) is 42.7 Å². The lowest BCUT2D eigenvalue weighted by Crippen LogP contribution is -2.32. The van der Waals surface area contributed by atoms with E-state index in [0.717, 1.165) is 24.2 Å². The lowest BCUT2D eigenvalue weighted by molar-refractivity contribution is -0.677. The Kier molecular flexibility index (Phi) is 4.93. The average molecular weight is 273 g/mol. The Morgan fingerprint density at radius 2 is 2.10 bits per heavy atom. The molecule has 0 fully saturated rings. The quantitative estimate of drug-likeness (QED) is 0.649. The van der Waals surface area contributed by atoms with E-state index in [0.29, 0.717) is 0 Å². The van der Waals surface area contributed by atoms with Gasteiger partial charge < -0.3 is 4.74 Å². The number of aromatic amines is 1. The van der Waals surface area contributed by atoms with Crippen molar-refractivity contribution in [2.45, 2.75) is 32.3 Å². The van der Waals surface area contributed by atoms with E-state index in [1.54, 1.807) is 0 Å². The molecule has 106 valence electrons. The maximum absolute atomic E-state index is 12.1. The normalized spacial score (nSPS) is 12.1. The predicted octanol–water partition coefficient (Wildman–Crippen LogP) is 2.47. The van der Waals surface area contributed by atoms with Crippen molar-refractivity contribution in [3.05, 3.63) is 54.1 Å². The molecule has 0 saturated heterocycles. The second kappa shape index (κ2) is 6.89. The summed E-state index contributed by atoms with van der Waals surface area (Å²) in [4.78, 5) is 15.1. The fraction of sp³-hybridized carbons (Fsp3) is 0.375. The molecule has 1 aromatic carbocycles. The number of aryl methyl sites for hydroxylation is 1. The van der Waals surface area contributed by atoms with E-state index in [1.807, 2.05) is 54.3 Å². The van der Waals surface area contributed by atoms with Gasteiger partial charge >= 0.3 is 5.97 Å². The molecule has 0 radical (unpaired) electrons. The summed E-state index contributed by atoms with van der Waals surface area (Å²) in [5.74, 6) is 0.642. The largest absolute Gasteiger partial charge is 0.457 e. The van der Waals surface area contributed by atoms with Crippen molar-refractivity contribution in [1.29, 1.82) is 0 Å². The number of rotatable bonds is 6. The van der Waals surface area contributed by atoms with Crippen molar-refractivity contribution < 1.29 is 14.1 Å². The molecule has 1 atom stereocenters. The second-order valence-corrected chi connectivity index (χ2v) is 4.87. The molecule has 20 heavy (non-hydrogen) atoms. The zero-order chi connectivity index (χ0) is 14.4. The number of benzene rings is 1. The Morgan fingerprint density at radius 1 is 1.35 bits per heavy atom. The SMILES string of the molecule is CCC[C@H](OC(=O)Cc1[nH]cc[n+]1C)c1ccccc1. The smallest absolute Gasteiger partial charge is 0.318 e. The molecule has 4 heteroatoms. The highest BCUT2D eigenvalue weighted by atomic mass is 16.5. The van der Waals surface area contributed by atoms with Crippen molar-refractivity contribution >= 4 is 5.97 Å². The molecule has 0 amide bonds. The third-order valence-electron chi connectivity index (χ3n) is 3.28. The van der Waals surface area contributed by atoms with Crippen LogP contribution in [-0.2, 0) is 23.0 Å². The first-order valence-electron chi connectivity index (χ1n) is 6.97. The molecule has 0 aliphatic carbocycles. The highest BCUT2D eigenvalue weighted by Gasteiger charge is 2.19. The van der Waals surface area contributed by atoms with E-state index in [2.05, 4.69) is 11.9 Å². The van der Waals surface area contributed by atoms with Gasteiger partial charge in [-0.3, -0.25) is 4.79 Å². The Bertz CT molecular complexity index is 549. The summed E-state index contributed by atoms with van der Waals surface area (Å²) in [6.07, 6.45) is 5.60. The minimum atomic E-state index is -0.203. The van der Waals surface area contributed by atoms with Gasteiger partial charge in [-0.15, -0.1) is 0 Å². The first-order chi connectivity index (χ1) is 9.70. The number of H-pyrrole nitrogens is 1. The van der Waals surface area contributed by atoms with Crippen LogP contribution in [0, 0.1) is 0 Å². The molecule has 0 unspecified atom stereocenters. The van der Waals surface area contributed by atoms with Gasteiger partial charge in [-0.2, -0.15) is 0 Å². The van der Waals surface area contributed by atoms with E-state index < -0.39 is 0 Å². The van der Waals surface area contributed by atoms with E-state index in [4.69, 9.17) is 4.74 Å². The van der Waals surface area contributed by atoms with Gasteiger partial charge in [-0.05, 0) is 12.0 Å². The number of imidazole rings is 1. The van der Waals surface area contributed by atoms with Gasteiger partial charge in [0.2, 0.25) is 0 Å². The zero-order valence-corrected chi connectivity index (χ0v) is 12.0. The van der Waals surface area contributed by atoms with Gasteiger partial charge in [0.05, 0.1) is 7.05 Å². The Hall–Kier alpha value is -2.10. The van der Waals surface area contributed by atoms with E-state index in [-0.39, 0.29) is 18.5 Å². The van der Waals surface area contributed by atoms with Crippen molar-refractivity contribution in [3.63, 3.8) is 0 Å². The molecule has 0 saturated carbocycles. The molecule has 2 aromatic rings. The lowest BCUT2D eigenvalue weighted by atomic mass is 10.1. The number of aromatic nitrogens is 2. The zero-order valence-electron chi connectivity index (χ0n) is 12.0. The molecule has 0 aliphatic rings. The number of ether oxygens (including phenoxy) is 1. The molecule has 2 rings (SSSR count). The summed E-state index contributed by atoms with van der Waals surface area (Å²) in [6, 6.07) is 9.91. The van der Waals surface area contributed by atoms with Crippen LogP contribution in [-0.4, -0.2) is 11.0 Å². The summed E-state index contributed by atoms with van der Waals surface area (Å²) >= 11 is 0. The maximum atomic E-state index is 12.1. The van der Waals surface area contributed by atoms with Crippen molar-refractivity contribution in [3.8, 4) is 0 Å². The van der Waals surface area contributed by atoms with Crippen LogP contribution in [0.3, 0.4) is 0 Å². The molecule has 1 N–H and O–H groups in total. The topological polar surface area (TPSA) is 46.0 Å². The minimum absolute atomic E-state index is 0.158. The fourth-order valence-electron chi connectivity index (χ4n) is 2.17. The molecule has 1 aromatic heterocycles. The molecule has 0 spiro atoms. The summed E-state index contributed by atoms with van der Waals surface area (Å²) in [7, 11) is 1.90. The van der Waals surface area contributed by atoms with Crippen LogP contribution in [0.4, 0.5) is 0 Å². The fourth-order valence-corrected chi connectivity index (χ4v) is 2.17. The molecular formula is C16H21N2O2+. The highest BCUT2D eigenvalue weighted by molar-refractivity contribution is 5.71. The van der Waals surface area contributed by atoms with Gasteiger partial charge in [-0.1, -0.05) is 43.7 Å². The number of hydrogen-bond acceptors (Lipinski definition) is 2. The predicted molar refractivity (Wildman–Crippen MR) is 75.9 cm³/mol. The van der Waals surface area contributed by atoms with Gasteiger partial charge in [-0.25, -0.2) is 9.55 Å². The van der Waals surface area contributed by atoms with Crippen LogP contribution in [0.1, 0.15) is 37.3 Å². The Morgan fingerprint density at radius 3 is 2.70 bits per heavy atom. The number of hydrogen-bond donors (Lipinski definition) is 1. The van der Waals surface area contributed by atoms with Crippen molar-refractivity contribution in [1.82, 2.24) is 4.98 Å². The number of esters is 1. The maximum Gasteiger partial charge on any atom is 0.318 e. The van der Waals surface area contributed by atoms with Crippen LogP contribution in [0.2, 0.25) is 0 Å². The van der Waals surface area contributed by atoms with Gasteiger partial charge in [0, 0.05) is 0 Å². The Balaban J connectivity index is 2.01. The molecule has 1 heterocycles. The number of nitrogens with one attached hydrogen (secondary N) is 1. The summed E-state index contributed by atoms with van der Waals surface area (Å²) in [6.45, 7) is 2.09. The number of carbonyl (C=O) groups excluding carboxylic acids is 1. The van der Waals surface area contributed by atoms with Crippen molar-refractivity contribution in [2.75, 3.05) is 0 Å². The van der Waals surface area contributed by atoms with Crippen LogP contribution in [0.25, 0.3) is 0 Å². The van der Waals surface area contributed by atoms with Crippen LogP contribution >= 0.6 is 0 Å². The Labute approximate surface area is 119 Å². The summed E-state index contributed by atoms with van der Waals surface area (Å²) in [5.41, 5.74) is 1.05. The summed E-state index contributed by atoms with van der Waals surface area (Å²) in [5, 5.41) is 0. The number of carbonyl (C=O) groups is 1. The van der Waals surface area contributed by atoms with Gasteiger partial charge in [0.25, 0.3) is 5.82 Å². The van der Waals surface area contributed by atoms with E-state index in [9.17, 15) is 4.79 Å². The summed E-state index contributed by atoms with van der Waals surface area (Å²) < 4.78 is 7.52. The first-order valence-corrected chi connectivity index (χ1v) is 6.97. The third kappa shape index (κ3) is 3.70. The van der Waals surface area contributed by atoms with Crippen LogP contribution in [0.5, 0.6) is 0 Å². The van der Waals surface area contributed by atoms with Gasteiger partial charge in [0.15, 0.2) is 0 Å². The molecule has 0 aliphatic heterocycles. The van der Waals surface area contributed by atoms with Gasteiger partial charge in [0.1, 0.15) is 24.9 Å². The molecular weight excluding hydrogens is 252 g/mol. The first kappa shape index (κ1) is 14.3. The number of nitrogens with zero attached hydrogens (tertiary/aromatic N) is 1. The third-order valence-corrected chi connectivity index (χ3v) is 3.28.